The van der Waals surface area contributed by atoms with Crippen LogP contribution >= 0.6 is 0 Å². The highest BCUT2D eigenvalue weighted by atomic mass is 15.2. The molecule has 1 saturated heterocycles. The third-order valence-corrected chi connectivity index (χ3v) is 5.52. The molecule has 1 saturated carbocycles. The van der Waals surface area contributed by atoms with E-state index < -0.39 is 0 Å². The Labute approximate surface area is 150 Å². The van der Waals surface area contributed by atoms with Crippen LogP contribution in [0, 0.1) is 12.8 Å². The molecule has 0 amide bonds. The van der Waals surface area contributed by atoms with Gasteiger partial charge in [0.2, 0.25) is 0 Å². The first-order valence-electron chi connectivity index (χ1n) is 9.71. The summed E-state index contributed by atoms with van der Waals surface area (Å²) >= 11 is 0. The predicted molar refractivity (Wildman–Crippen MR) is 100.0 cm³/mol. The van der Waals surface area contributed by atoms with Gasteiger partial charge >= 0.3 is 0 Å². The van der Waals surface area contributed by atoms with E-state index in [9.17, 15) is 0 Å². The zero-order chi connectivity index (χ0) is 17.4. The second kappa shape index (κ2) is 6.77. The summed E-state index contributed by atoms with van der Waals surface area (Å²) < 4.78 is 2.41. The lowest BCUT2D eigenvalue weighted by molar-refractivity contribution is 0.456. The molecule has 0 unspecified atom stereocenters. The Hall–Kier alpha value is -1.91. The van der Waals surface area contributed by atoms with Gasteiger partial charge in [-0.3, -0.25) is 0 Å². The van der Waals surface area contributed by atoms with Crippen LogP contribution in [-0.4, -0.2) is 32.6 Å². The number of imidazole rings is 1. The van der Waals surface area contributed by atoms with Gasteiger partial charge in [0.1, 0.15) is 17.5 Å². The van der Waals surface area contributed by atoms with Crippen LogP contribution in [0.2, 0.25) is 0 Å². The number of anilines is 1. The van der Waals surface area contributed by atoms with Gasteiger partial charge in [0.25, 0.3) is 0 Å². The number of aryl methyl sites for hydroxylation is 1. The summed E-state index contributed by atoms with van der Waals surface area (Å²) in [5, 5.41) is 0. The Bertz CT molecular complexity index is 723. The molecular formula is C20H29N5. The molecule has 0 radical (unpaired) electrons. The van der Waals surface area contributed by atoms with Crippen molar-refractivity contribution >= 4 is 5.82 Å². The summed E-state index contributed by atoms with van der Waals surface area (Å²) in [5.41, 5.74) is 1.14. The molecule has 2 aromatic rings. The molecule has 2 fully saturated rings. The van der Waals surface area contributed by atoms with Crippen molar-refractivity contribution in [2.75, 3.05) is 18.0 Å². The van der Waals surface area contributed by atoms with Gasteiger partial charge in [-0.25, -0.2) is 15.0 Å². The van der Waals surface area contributed by atoms with E-state index in [1.54, 1.807) is 0 Å². The lowest BCUT2D eigenvalue weighted by atomic mass is 9.95. The summed E-state index contributed by atoms with van der Waals surface area (Å²) in [6.07, 6.45) is 9.24. The summed E-state index contributed by atoms with van der Waals surface area (Å²) in [7, 11) is 0. The smallest absolute Gasteiger partial charge is 0.132 e. The molecule has 2 aromatic heterocycles. The van der Waals surface area contributed by atoms with Gasteiger partial charge in [-0.15, -0.1) is 0 Å². The fourth-order valence-corrected chi connectivity index (χ4v) is 3.81. The largest absolute Gasteiger partial charge is 0.356 e. The van der Waals surface area contributed by atoms with Crippen LogP contribution in [0.15, 0.2) is 18.5 Å². The van der Waals surface area contributed by atoms with Crippen molar-refractivity contribution < 1.29 is 0 Å². The molecule has 134 valence electrons. The number of nitrogens with zero attached hydrogens (tertiary/aromatic N) is 5. The average Bonchev–Trinajstić information content (AvgIpc) is 3.30. The van der Waals surface area contributed by atoms with Crippen molar-refractivity contribution in [3.8, 4) is 0 Å². The van der Waals surface area contributed by atoms with Gasteiger partial charge in [0.05, 0.1) is 0 Å². The van der Waals surface area contributed by atoms with E-state index in [1.165, 1.54) is 25.2 Å². The Kier molecular flexibility index (Phi) is 4.48. The SMILES string of the molecule is Cc1nc(C(C)C)cc(N2CCC(c3nccn3CC3CC3)CC2)n1. The lowest BCUT2D eigenvalue weighted by Gasteiger charge is -2.33. The van der Waals surface area contributed by atoms with E-state index in [0.717, 1.165) is 49.2 Å². The predicted octanol–water partition coefficient (Wildman–Crippen LogP) is 3.90. The zero-order valence-corrected chi connectivity index (χ0v) is 15.6. The van der Waals surface area contributed by atoms with Gasteiger partial charge in [0, 0.05) is 49.7 Å². The maximum absolute atomic E-state index is 4.69. The van der Waals surface area contributed by atoms with Crippen LogP contribution in [-0.2, 0) is 6.54 Å². The highest BCUT2D eigenvalue weighted by molar-refractivity contribution is 5.41. The van der Waals surface area contributed by atoms with Crippen molar-refractivity contribution in [3.63, 3.8) is 0 Å². The van der Waals surface area contributed by atoms with Crippen molar-refractivity contribution in [2.24, 2.45) is 5.92 Å². The van der Waals surface area contributed by atoms with Gasteiger partial charge in [-0.2, -0.15) is 0 Å². The molecule has 0 spiro atoms. The standard InChI is InChI=1S/C20H29N5/c1-14(2)18-12-19(23-15(3)22-18)24-9-6-17(7-10-24)20-21-8-11-25(20)13-16-4-5-16/h8,11-12,14,16-17H,4-7,9-10,13H2,1-3H3. The third kappa shape index (κ3) is 3.70. The van der Waals surface area contributed by atoms with E-state index in [-0.39, 0.29) is 0 Å². The minimum Gasteiger partial charge on any atom is -0.356 e. The van der Waals surface area contributed by atoms with Crippen LogP contribution in [0.5, 0.6) is 0 Å². The van der Waals surface area contributed by atoms with Crippen LogP contribution in [0.1, 0.15) is 68.7 Å². The Morgan fingerprint density at radius 3 is 2.56 bits per heavy atom. The Morgan fingerprint density at radius 1 is 1.12 bits per heavy atom. The molecular weight excluding hydrogens is 310 g/mol. The molecule has 2 aliphatic rings. The molecule has 5 nitrogen and oxygen atoms in total. The third-order valence-electron chi connectivity index (χ3n) is 5.52. The monoisotopic (exact) mass is 339 g/mol. The molecule has 5 heteroatoms. The van der Waals surface area contributed by atoms with Gasteiger partial charge in [-0.05, 0) is 44.4 Å². The minimum absolute atomic E-state index is 0.438. The minimum atomic E-state index is 0.438. The summed E-state index contributed by atoms with van der Waals surface area (Å²) in [4.78, 5) is 16.4. The van der Waals surface area contributed by atoms with E-state index >= 15 is 0 Å². The lowest BCUT2D eigenvalue weighted by Crippen LogP contribution is -2.34. The number of aromatic nitrogens is 4. The van der Waals surface area contributed by atoms with Gasteiger partial charge < -0.3 is 9.47 Å². The van der Waals surface area contributed by atoms with Crippen LogP contribution in [0.3, 0.4) is 0 Å². The Balaban J connectivity index is 1.44. The quantitative estimate of drug-likeness (QED) is 0.829. The molecule has 3 heterocycles. The molecule has 25 heavy (non-hydrogen) atoms. The second-order valence-electron chi connectivity index (χ2n) is 8.00. The van der Waals surface area contributed by atoms with Crippen LogP contribution in [0.25, 0.3) is 0 Å². The van der Waals surface area contributed by atoms with Crippen LogP contribution in [0.4, 0.5) is 5.82 Å². The molecule has 1 aliphatic carbocycles. The van der Waals surface area contributed by atoms with Crippen molar-refractivity contribution in [1.29, 1.82) is 0 Å². The van der Waals surface area contributed by atoms with E-state index in [2.05, 4.69) is 50.5 Å². The number of hydrogen-bond acceptors (Lipinski definition) is 4. The summed E-state index contributed by atoms with van der Waals surface area (Å²) in [6, 6.07) is 2.17. The van der Waals surface area contributed by atoms with Gasteiger partial charge in [-0.1, -0.05) is 13.8 Å². The topological polar surface area (TPSA) is 46.8 Å². The zero-order valence-electron chi connectivity index (χ0n) is 15.6. The molecule has 0 atom stereocenters. The van der Waals surface area contributed by atoms with E-state index in [1.807, 2.05) is 13.1 Å². The first-order chi connectivity index (χ1) is 12.1. The van der Waals surface area contributed by atoms with E-state index in [0.29, 0.717) is 11.8 Å². The number of rotatable bonds is 5. The fourth-order valence-electron chi connectivity index (χ4n) is 3.81. The molecule has 0 aromatic carbocycles. The normalized spacial score (nSPS) is 19.0. The molecule has 0 N–H and O–H groups in total. The maximum Gasteiger partial charge on any atom is 0.132 e. The molecule has 1 aliphatic heterocycles. The second-order valence-corrected chi connectivity index (χ2v) is 8.00. The molecule has 0 bridgehead atoms. The Morgan fingerprint density at radius 2 is 1.88 bits per heavy atom. The average molecular weight is 339 g/mol. The first kappa shape index (κ1) is 16.6. The fraction of sp³-hybridized carbons (Fsp3) is 0.650. The highest BCUT2D eigenvalue weighted by Gasteiger charge is 2.27. The first-order valence-corrected chi connectivity index (χ1v) is 9.71. The van der Waals surface area contributed by atoms with Crippen molar-refractivity contribution in [3.05, 3.63) is 35.8 Å². The summed E-state index contributed by atoms with van der Waals surface area (Å²) in [5.74, 6) is 5.18. The van der Waals surface area contributed by atoms with Crippen molar-refractivity contribution in [2.45, 2.75) is 64.8 Å². The van der Waals surface area contributed by atoms with Gasteiger partial charge in [0.15, 0.2) is 0 Å². The van der Waals surface area contributed by atoms with Crippen molar-refractivity contribution in [1.82, 2.24) is 19.5 Å². The van der Waals surface area contributed by atoms with E-state index in [4.69, 9.17) is 0 Å². The highest BCUT2D eigenvalue weighted by Crippen LogP contribution is 2.34. The summed E-state index contributed by atoms with van der Waals surface area (Å²) in [6.45, 7) is 9.65. The number of piperidine rings is 1. The molecule has 4 rings (SSSR count). The maximum atomic E-state index is 4.69. The van der Waals surface area contributed by atoms with Crippen LogP contribution < -0.4 is 4.90 Å². The number of hydrogen-bond donors (Lipinski definition) is 0.